The third-order valence-electron chi connectivity index (χ3n) is 2.87. The van der Waals surface area contributed by atoms with Crippen LogP contribution in [0.2, 0.25) is 0 Å². The van der Waals surface area contributed by atoms with E-state index in [1.165, 1.54) is 18.5 Å². The topological polar surface area (TPSA) is 64.0 Å². The van der Waals surface area contributed by atoms with Crippen LogP contribution >= 0.6 is 0 Å². The molecular weight excluding hydrogens is 300 g/mol. The minimum absolute atomic E-state index is 0.247. The van der Waals surface area contributed by atoms with E-state index >= 15 is 0 Å². The number of nitrogens with zero attached hydrogens (tertiary/aromatic N) is 2. The van der Waals surface area contributed by atoms with E-state index in [9.17, 15) is 17.2 Å². The minimum Gasteiger partial charge on any atom is -0.263 e. The summed E-state index contributed by atoms with van der Waals surface area (Å²) in [6.07, 6.45) is 0.0280. The fourth-order valence-corrected chi connectivity index (χ4v) is 2.99. The first-order chi connectivity index (χ1) is 9.98. The molecule has 0 radical (unpaired) electrons. The lowest BCUT2D eigenvalue weighted by Crippen LogP contribution is -2.34. The molecule has 0 aliphatic rings. The van der Waals surface area contributed by atoms with Crippen LogP contribution in [0, 0.1) is 0 Å². The van der Waals surface area contributed by atoms with Gasteiger partial charge in [0.15, 0.2) is 0 Å². The number of alkyl halides is 2. The molecule has 0 saturated carbocycles. The number of halogens is 2. The summed E-state index contributed by atoms with van der Waals surface area (Å²) in [4.78, 5) is 0. The predicted octanol–water partition coefficient (Wildman–Crippen LogP) is 1.81. The average molecular weight is 315 g/mol. The number of hydrogen-bond donors (Lipinski definition) is 1. The molecule has 1 unspecified atom stereocenters. The Morgan fingerprint density at radius 2 is 1.90 bits per heavy atom. The maximum absolute atomic E-state index is 13.0. The zero-order valence-electron chi connectivity index (χ0n) is 11.1. The van der Waals surface area contributed by atoms with Crippen LogP contribution in [0.15, 0.2) is 48.8 Å². The van der Waals surface area contributed by atoms with Gasteiger partial charge in [-0.05, 0) is 11.6 Å². The first-order valence-corrected chi connectivity index (χ1v) is 7.92. The molecule has 0 aliphatic carbocycles. The summed E-state index contributed by atoms with van der Waals surface area (Å²) in [6, 6.07) is 8.72. The Hall–Kier alpha value is -1.80. The smallest absolute Gasteiger partial charge is 0.261 e. The van der Waals surface area contributed by atoms with E-state index in [0.29, 0.717) is 5.56 Å². The van der Waals surface area contributed by atoms with E-state index in [-0.39, 0.29) is 5.75 Å². The van der Waals surface area contributed by atoms with Crippen LogP contribution in [0.3, 0.4) is 0 Å². The van der Waals surface area contributed by atoms with Crippen LogP contribution < -0.4 is 4.72 Å². The van der Waals surface area contributed by atoms with Gasteiger partial charge in [0.25, 0.3) is 6.43 Å². The highest BCUT2D eigenvalue weighted by atomic mass is 32.2. The molecule has 114 valence electrons. The largest absolute Gasteiger partial charge is 0.263 e. The van der Waals surface area contributed by atoms with Crippen LogP contribution in [0.1, 0.15) is 11.6 Å². The lowest BCUT2D eigenvalue weighted by Gasteiger charge is -2.17. The SMILES string of the molecule is O=S(=O)(Cc1ccccc1)NCC(C(F)F)n1cccn1. The molecule has 1 aromatic carbocycles. The van der Waals surface area contributed by atoms with Gasteiger partial charge in [-0.1, -0.05) is 30.3 Å². The van der Waals surface area contributed by atoms with Crippen molar-refractivity contribution < 1.29 is 17.2 Å². The minimum atomic E-state index is -3.68. The second kappa shape index (κ2) is 6.77. The Morgan fingerprint density at radius 3 is 2.48 bits per heavy atom. The van der Waals surface area contributed by atoms with Gasteiger partial charge in [0.05, 0.1) is 5.75 Å². The van der Waals surface area contributed by atoms with E-state index in [4.69, 9.17) is 0 Å². The molecule has 8 heteroatoms. The van der Waals surface area contributed by atoms with Crippen molar-refractivity contribution in [1.82, 2.24) is 14.5 Å². The zero-order chi connectivity index (χ0) is 15.3. The van der Waals surface area contributed by atoms with Crippen molar-refractivity contribution in [2.45, 2.75) is 18.2 Å². The fraction of sp³-hybridized carbons (Fsp3) is 0.308. The first-order valence-electron chi connectivity index (χ1n) is 6.26. The summed E-state index contributed by atoms with van der Waals surface area (Å²) in [5.41, 5.74) is 0.595. The molecule has 0 fully saturated rings. The van der Waals surface area contributed by atoms with Crippen molar-refractivity contribution in [2.75, 3.05) is 6.54 Å². The van der Waals surface area contributed by atoms with E-state index in [0.717, 1.165) is 4.68 Å². The molecule has 2 aromatic rings. The molecular formula is C13H15F2N3O2S. The summed E-state index contributed by atoms with van der Waals surface area (Å²) < 4.78 is 53.0. The third kappa shape index (κ3) is 4.61. The number of nitrogens with one attached hydrogen (secondary N) is 1. The van der Waals surface area contributed by atoms with E-state index in [1.807, 2.05) is 0 Å². The van der Waals surface area contributed by atoms with E-state index in [2.05, 4.69) is 9.82 Å². The van der Waals surface area contributed by atoms with Crippen LogP contribution in [-0.4, -0.2) is 31.2 Å². The molecule has 0 spiro atoms. The van der Waals surface area contributed by atoms with Gasteiger partial charge in [-0.2, -0.15) is 5.10 Å². The monoisotopic (exact) mass is 315 g/mol. The highest BCUT2D eigenvalue weighted by Gasteiger charge is 2.24. The molecule has 21 heavy (non-hydrogen) atoms. The lowest BCUT2D eigenvalue weighted by atomic mass is 10.2. The van der Waals surface area contributed by atoms with Gasteiger partial charge in [-0.3, -0.25) is 4.68 Å². The van der Waals surface area contributed by atoms with E-state index < -0.39 is 29.0 Å². The third-order valence-corrected chi connectivity index (χ3v) is 4.19. The fourth-order valence-electron chi connectivity index (χ4n) is 1.83. The van der Waals surface area contributed by atoms with Crippen LogP contribution in [0.5, 0.6) is 0 Å². The molecule has 1 aromatic heterocycles. The number of hydrogen-bond acceptors (Lipinski definition) is 3. The molecule has 0 bridgehead atoms. The second-order valence-corrected chi connectivity index (χ2v) is 6.29. The van der Waals surface area contributed by atoms with Gasteiger partial charge >= 0.3 is 0 Å². The molecule has 0 saturated heterocycles. The predicted molar refractivity (Wildman–Crippen MR) is 74.3 cm³/mol. The number of sulfonamides is 1. The van der Waals surface area contributed by atoms with Crippen molar-refractivity contribution in [2.24, 2.45) is 0 Å². The van der Waals surface area contributed by atoms with Gasteiger partial charge < -0.3 is 0 Å². The molecule has 1 N–H and O–H groups in total. The normalized spacial score (nSPS) is 13.5. The van der Waals surface area contributed by atoms with Crippen LogP contribution in [-0.2, 0) is 15.8 Å². The Kier molecular flexibility index (Phi) is 5.03. The maximum atomic E-state index is 13.0. The molecule has 2 rings (SSSR count). The standard InChI is InChI=1S/C13H15F2N3O2S/c14-13(15)12(18-8-4-7-16-18)9-17-21(19,20)10-11-5-2-1-3-6-11/h1-8,12-13,17H,9-10H2. The number of aromatic nitrogens is 2. The van der Waals surface area contributed by atoms with Crippen molar-refractivity contribution in [3.8, 4) is 0 Å². The zero-order valence-corrected chi connectivity index (χ0v) is 11.9. The average Bonchev–Trinajstić information content (AvgIpc) is 2.93. The summed E-state index contributed by atoms with van der Waals surface area (Å²) in [6.45, 7) is -0.408. The lowest BCUT2D eigenvalue weighted by molar-refractivity contribution is 0.0787. The van der Waals surface area contributed by atoms with Gasteiger partial charge in [0.1, 0.15) is 6.04 Å². The molecule has 1 atom stereocenters. The highest BCUT2D eigenvalue weighted by Crippen LogP contribution is 2.15. The van der Waals surface area contributed by atoms with Gasteiger partial charge in [0.2, 0.25) is 10.0 Å². The summed E-state index contributed by atoms with van der Waals surface area (Å²) >= 11 is 0. The van der Waals surface area contributed by atoms with Crippen molar-refractivity contribution >= 4 is 10.0 Å². The number of rotatable bonds is 7. The molecule has 0 aliphatic heterocycles. The van der Waals surface area contributed by atoms with Crippen molar-refractivity contribution in [3.63, 3.8) is 0 Å². The quantitative estimate of drug-likeness (QED) is 0.847. The summed E-state index contributed by atoms with van der Waals surface area (Å²) in [7, 11) is -3.68. The molecule has 5 nitrogen and oxygen atoms in total. The Labute approximate surface area is 121 Å². The highest BCUT2D eigenvalue weighted by molar-refractivity contribution is 7.88. The van der Waals surface area contributed by atoms with Gasteiger partial charge in [-0.15, -0.1) is 0 Å². The van der Waals surface area contributed by atoms with Gasteiger partial charge in [0, 0.05) is 18.9 Å². The number of benzene rings is 1. The maximum Gasteiger partial charge on any atom is 0.261 e. The van der Waals surface area contributed by atoms with Crippen LogP contribution in [0.4, 0.5) is 8.78 Å². The Bertz CT molecular complexity index is 645. The first kappa shape index (κ1) is 15.6. The second-order valence-electron chi connectivity index (χ2n) is 4.48. The Balaban J connectivity index is 2.00. The van der Waals surface area contributed by atoms with Crippen molar-refractivity contribution in [3.05, 3.63) is 54.4 Å². The van der Waals surface area contributed by atoms with Gasteiger partial charge in [-0.25, -0.2) is 21.9 Å². The Morgan fingerprint density at radius 1 is 1.19 bits per heavy atom. The summed E-state index contributed by atoms with van der Waals surface area (Å²) in [5.74, 6) is -0.247. The summed E-state index contributed by atoms with van der Waals surface area (Å²) in [5, 5.41) is 3.72. The van der Waals surface area contributed by atoms with Crippen molar-refractivity contribution in [1.29, 1.82) is 0 Å². The molecule has 0 amide bonds. The van der Waals surface area contributed by atoms with Crippen LogP contribution in [0.25, 0.3) is 0 Å². The van der Waals surface area contributed by atoms with E-state index in [1.54, 1.807) is 30.3 Å². The molecule has 1 heterocycles.